The third-order valence-corrected chi connectivity index (χ3v) is 16.0. The van der Waals surface area contributed by atoms with Gasteiger partial charge in [0.1, 0.15) is 12.7 Å². The summed E-state index contributed by atoms with van der Waals surface area (Å²) in [5.41, 5.74) is 0. The predicted octanol–water partition coefficient (Wildman–Crippen LogP) is 20.7. The fourth-order valence-electron chi connectivity index (χ4n) is 9.86. The second-order valence-electron chi connectivity index (χ2n) is 23.0. The molecule has 0 aromatic carbocycles. The van der Waals surface area contributed by atoms with Crippen LogP contribution in [0.2, 0.25) is 0 Å². The van der Waals surface area contributed by atoms with Crippen LogP contribution in [0.4, 0.5) is 0 Å². The van der Waals surface area contributed by atoms with Gasteiger partial charge in [0, 0.05) is 19.3 Å². The minimum Gasteiger partial charge on any atom is -0.462 e. The first-order valence-corrected chi connectivity index (χ1v) is 35.4. The zero-order chi connectivity index (χ0) is 58.3. The van der Waals surface area contributed by atoms with Crippen molar-refractivity contribution in [1.29, 1.82) is 0 Å². The Labute approximate surface area is 492 Å². The van der Waals surface area contributed by atoms with Crippen molar-refractivity contribution in [3.63, 3.8) is 0 Å². The van der Waals surface area contributed by atoms with Crippen molar-refractivity contribution in [3.8, 4) is 0 Å². The lowest BCUT2D eigenvalue weighted by molar-refractivity contribution is -0.161. The Kier molecular flexibility index (Phi) is 60.9. The van der Waals surface area contributed by atoms with Gasteiger partial charge >= 0.3 is 25.7 Å². The van der Waals surface area contributed by atoms with Crippen LogP contribution in [0.25, 0.3) is 0 Å². The molecule has 11 nitrogen and oxygen atoms in total. The van der Waals surface area contributed by atoms with E-state index in [2.05, 4.69) is 57.2 Å². The second kappa shape index (κ2) is 62.7. The molecule has 0 bridgehead atoms. The molecule has 0 aromatic rings. The number of rotatable bonds is 64. The van der Waals surface area contributed by atoms with Crippen molar-refractivity contribution < 1.29 is 52.2 Å². The summed E-state index contributed by atoms with van der Waals surface area (Å²) < 4.78 is 39.8. The molecule has 0 saturated heterocycles. The van der Waals surface area contributed by atoms with E-state index >= 15 is 0 Å². The minimum atomic E-state index is -4.75. The molecule has 0 aromatic heterocycles. The molecule has 0 aliphatic carbocycles. The first-order chi connectivity index (χ1) is 39.2. The van der Waals surface area contributed by atoms with Crippen LogP contribution in [-0.2, 0) is 42.2 Å². The standard InChI is InChI=1S/C68H127O11P/c1-4-7-10-13-16-19-22-25-28-30-32-34-37-40-43-46-49-52-55-58-67(71)78-64(60-69)62-76-80(73,74)77-63-65(61-75-66(70)57-54-51-48-45-42-39-36-27-24-21-18-15-12-9-6-3)79-68(72)59-56-53-50-47-44-41-38-35-33-31-29-26-23-20-17-14-11-8-5-2/h18,21,26-27,29,36,64-65,69H,4-17,19-20,22-25,28,30-35,37-63H2,1-3H3,(H,73,74)/b21-18-,29-26-,36-27-. The number of hydrogen-bond acceptors (Lipinski definition) is 10. The summed E-state index contributed by atoms with van der Waals surface area (Å²) in [4.78, 5) is 48.8. The molecule has 0 spiro atoms. The number of aliphatic hydroxyl groups excluding tert-OH is 1. The number of carbonyl (C=O) groups is 3. The number of unbranched alkanes of at least 4 members (excludes halogenated alkanes) is 41. The molecule has 0 amide bonds. The van der Waals surface area contributed by atoms with E-state index in [1.165, 1.54) is 199 Å². The van der Waals surface area contributed by atoms with Crippen molar-refractivity contribution in [2.24, 2.45) is 0 Å². The largest absolute Gasteiger partial charge is 0.472 e. The monoisotopic (exact) mass is 1150 g/mol. The van der Waals surface area contributed by atoms with E-state index in [-0.39, 0.29) is 25.9 Å². The number of ether oxygens (including phenoxy) is 3. The van der Waals surface area contributed by atoms with Crippen molar-refractivity contribution in [2.75, 3.05) is 26.4 Å². The van der Waals surface area contributed by atoms with Crippen LogP contribution in [0.1, 0.15) is 342 Å². The van der Waals surface area contributed by atoms with Gasteiger partial charge in [-0.25, -0.2) is 4.57 Å². The Bertz CT molecular complexity index is 1480. The van der Waals surface area contributed by atoms with E-state index < -0.39 is 57.8 Å². The molecule has 0 heterocycles. The Morgan fingerprint density at radius 2 is 0.613 bits per heavy atom. The van der Waals surface area contributed by atoms with Gasteiger partial charge in [-0.15, -0.1) is 0 Å². The Morgan fingerprint density at radius 1 is 0.350 bits per heavy atom. The van der Waals surface area contributed by atoms with Crippen molar-refractivity contribution in [1.82, 2.24) is 0 Å². The number of esters is 3. The van der Waals surface area contributed by atoms with Gasteiger partial charge in [-0.1, -0.05) is 282 Å². The first-order valence-electron chi connectivity index (χ1n) is 33.9. The minimum absolute atomic E-state index is 0.166. The summed E-state index contributed by atoms with van der Waals surface area (Å²) in [7, 11) is -4.75. The first kappa shape index (κ1) is 77.7. The molecule has 3 atom stereocenters. The molecule has 2 N–H and O–H groups in total. The average molecular weight is 1150 g/mol. The fourth-order valence-corrected chi connectivity index (χ4v) is 10.6. The van der Waals surface area contributed by atoms with Gasteiger partial charge in [0.05, 0.1) is 19.8 Å². The van der Waals surface area contributed by atoms with Gasteiger partial charge < -0.3 is 24.2 Å². The quantitative estimate of drug-likeness (QED) is 0.0197. The van der Waals surface area contributed by atoms with Gasteiger partial charge in [-0.05, 0) is 77.0 Å². The van der Waals surface area contributed by atoms with Gasteiger partial charge in [-0.3, -0.25) is 23.4 Å². The van der Waals surface area contributed by atoms with E-state index in [0.29, 0.717) is 19.3 Å². The highest BCUT2D eigenvalue weighted by molar-refractivity contribution is 7.47. The normalized spacial score (nSPS) is 13.4. The molecule has 0 aliphatic heterocycles. The number of phosphoric ester groups is 1. The average Bonchev–Trinajstić information content (AvgIpc) is 3.45. The van der Waals surface area contributed by atoms with E-state index in [0.717, 1.165) is 83.5 Å². The molecule has 0 fully saturated rings. The molecule has 0 aliphatic rings. The van der Waals surface area contributed by atoms with Crippen LogP contribution in [0.3, 0.4) is 0 Å². The van der Waals surface area contributed by atoms with Crippen LogP contribution in [-0.4, -0.2) is 66.5 Å². The Hall–Kier alpha value is -2.30. The fraction of sp³-hybridized carbons (Fsp3) is 0.868. The number of hydrogen-bond donors (Lipinski definition) is 2. The maximum Gasteiger partial charge on any atom is 0.472 e. The molecular weight excluding hydrogens is 1020 g/mol. The lowest BCUT2D eigenvalue weighted by Crippen LogP contribution is -2.30. The third-order valence-electron chi connectivity index (χ3n) is 15.0. The highest BCUT2D eigenvalue weighted by atomic mass is 31.2. The second-order valence-corrected chi connectivity index (χ2v) is 24.4. The molecule has 470 valence electrons. The lowest BCUT2D eigenvalue weighted by Gasteiger charge is -2.21. The summed E-state index contributed by atoms with van der Waals surface area (Å²) in [6.07, 6.45) is 68.1. The Balaban J connectivity index is 4.63. The summed E-state index contributed by atoms with van der Waals surface area (Å²) in [5, 5.41) is 9.87. The maximum absolute atomic E-state index is 13.0. The Morgan fingerprint density at radius 3 is 0.963 bits per heavy atom. The highest BCUT2D eigenvalue weighted by Crippen LogP contribution is 2.43. The van der Waals surface area contributed by atoms with Crippen LogP contribution in [0.15, 0.2) is 36.5 Å². The van der Waals surface area contributed by atoms with Crippen LogP contribution < -0.4 is 0 Å². The van der Waals surface area contributed by atoms with Gasteiger partial charge in [0.15, 0.2) is 6.10 Å². The van der Waals surface area contributed by atoms with Crippen molar-refractivity contribution in [2.45, 2.75) is 354 Å². The number of aliphatic hydroxyl groups is 1. The van der Waals surface area contributed by atoms with E-state index in [1.54, 1.807) is 0 Å². The van der Waals surface area contributed by atoms with E-state index in [1.807, 2.05) is 0 Å². The molecule has 0 radical (unpaired) electrons. The lowest BCUT2D eigenvalue weighted by atomic mass is 10.0. The van der Waals surface area contributed by atoms with Crippen molar-refractivity contribution in [3.05, 3.63) is 36.5 Å². The number of carbonyl (C=O) groups excluding carboxylic acids is 3. The topological polar surface area (TPSA) is 155 Å². The van der Waals surface area contributed by atoms with E-state index in [9.17, 15) is 28.9 Å². The summed E-state index contributed by atoms with van der Waals surface area (Å²) >= 11 is 0. The molecule has 12 heteroatoms. The summed E-state index contributed by atoms with van der Waals surface area (Å²) in [6.45, 7) is 4.68. The highest BCUT2D eigenvalue weighted by Gasteiger charge is 2.28. The predicted molar refractivity (Wildman–Crippen MR) is 335 cm³/mol. The SMILES string of the molecule is CCCCC/C=C\C/C=C\CCCCCCCC(=O)OCC(COP(=O)(O)OCC(CO)OC(=O)CCCCCCCCCCCCCCCCCCCCC)OC(=O)CCCCCCCCCCC/C=C\CCCCCCCC. The summed E-state index contributed by atoms with van der Waals surface area (Å²) in [6, 6.07) is 0. The maximum atomic E-state index is 13.0. The third kappa shape index (κ3) is 60.3. The molecule has 0 saturated carbocycles. The van der Waals surface area contributed by atoms with Crippen LogP contribution in [0, 0.1) is 0 Å². The molecule has 80 heavy (non-hydrogen) atoms. The van der Waals surface area contributed by atoms with Crippen molar-refractivity contribution >= 4 is 25.7 Å². The molecule has 3 unspecified atom stereocenters. The molecule has 0 rings (SSSR count). The number of allylic oxidation sites excluding steroid dienone is 6. The van der Waals surface area contributed by atoms with Crippen LogP contribution >= 0.6 is 7.82 Å². The van der Waals surface area contributed by atoms with E-state index in [4.69, 9.17) is 23.3 Å². The molecular formula is C68H127O11P. The van der Waals surface area contributed by atoms with Gasteiger partial charge in [0.2, 0.25) is 0 Å². The van der Waals surface area contributed by atoms with Crippen LogP contribution in [0.5, 0.6) is 0 Å². The zero-order valence-electron chi connectivity index (χ0n) is 52.3. The number of phosphoric acid groups is 1. The van der Waals surface area contributed by atoms with Gasteiger partial charge in [0.25, 0.3) is 0 Å². The zero-order valence-corrected chi connectivity index (χ0v) is 53.2. The smallest absolute Gasteiger partial charge is 0.462 e. The summed E-state index contributed by atoms with van der Waals surface area (Å²) in [5.74, 6) is -1.45. The van der Waals surface area contributed by atoms with Gasteiger partial charge in [-0.2, -0.15) is 0 Å².